The van der Waals surface area contributed by atoms with Crippen molar-refractivity contribution in [3.63, 3.8) is 0 Å². The summed E-state index contributed by atoms with van der Waals surface area (Å²) in [7, 11) is 3.10. The molecule has 2 rings (SSSR count). The van der Waals surface area contributed by atoms with Crippen LogP contribution in [0.5, 0.6) is 11.5 Å². The van der Waals surface area contributed by atoms with Crippen molar-refractivity contribution in [1.82, 2.24) is 4.98 Å². The SMILES string of the molecule is C=CCNc1ccnc(C(=O)Nc2ccc(OC)cc2OC)c1. The van der Waals surface area contributed by atoms with Crippen LogP contribution in [0.1, 0.15) is 10.5 Å². The Morgan fingerprint density at radius 3 is 2.78 bits per heavy atom. The van der Waals surface area contributed by atoms with Crippen LogP contribution >= 0.6 is 0 Å². The first-order valence-corrected chi connectivity index (χ1v) is 7.02. The number of carbonyl (C=O) groups is 1. The molecule has 120 valence electrons. The fraction of sp³-hybridized carbons (Fsp3) is 0.176. The predicted molar refractivity (Wildman–Crippen MR) is 90.4 cm³/mol. The average Bonchev–Trinajstić information content (AvgIpc) is 2.60. The van der Waals surface area contributed by atoms with Crippen molar-refractivity contribution < 1.29 is 14.3 Å². The number of carbonyl (C=O) groups excluding carboxylic acids is 1. The normalized spacial score (nSPS) is 9.83. The first-order chi connectivity index (χ1) is 11.2. The summed E-state index contributed by atoms with van der Waals surface area (Å²) in [5.74, 6) is 0.836. The molecule has 0 saturated heterocycles. The van der Waals surface area contributed by atoms with Gasteiger partial charge in [0.1, 0.15) is 17.2 Å². The van der Waals surface area contributed by atoms with Gasteiger partial charge in [0.05, 0.1) is 19.9 Å². The van der Waals surface area contributed by atoms with E-state index in [1.165, 1.54) is 7.11 Å². The number of nitrogens with zero attached hydrogens (tertiary/aromatic N) is 1. The number of aromatic nitrogens is 1. The van der Waals surface area contributed by atoms with Gasteiger partial charge in [0.15, 0.2) is 0 Å². The maximum absolute atomic E-state index is 12.4. The van der Waals surface area contributed by atoms with E-state index in [0.29, 0.717) is 29.4 Å². The molecule has 0 saturated carbocycles. The van der Waals surface area contributed by atoms with Crippen molar-refractivity contribution in [2.24, 2.45) is 0 Å². The lowest BCUT2D eigenvalue weighted by molar-refractivity contribution is 0.102. The molecule has 0 bridgehead atoms. The molecule has 2 N–H and O–H groups in total. The summed E-state index contributed by atoms with van der Waals surface area (Å²) in [4.78, 5) is 16.4. The number of ether oxygens (including phenoxy) is 2. The molecule has 1 heterocycles. The Morgan fingerprint density at radius 2 is 2.09 bits per heavy atom. The third-order valence-electron chi connectivity index (χ3n) is 3.10. The summed E-state index contributed by atoms with van der Waals surface area (Å²) in [5.41, 5.74) is 1.65. The second-order valence-electron chi connectivity index (χ2n) is 4.62. The fourth-order valence-corrected chi connectivity index (χ4v) is 1.94. The number of hydrogen-bond acceptors (Lipinski definition) is 5. The Bertz CT molecular complexity index is 701. The van der Waals surface area contributed by atoms with Crippen molar-refractivity contribution in [2.45, 2.75) is 0 Å². The van der Waals surface area contributed by atoms with E-state index in [-0.39, 0.29) is 5.91 Å². The smallest absolute Gasteiger partial charge is 0.274 e. The standard InChI is InChI=1S/C17H19N3O3/c1-4-8-18-12-7-9-19-15(10-12)17(21)20-14-6-5-13(22-2)11-16(14)23-3/h4-7,9-11H,1,8H2,2-3H3,(H,18,19)(H,20,21). The molecule has 6 heteroatoms. The molecule has 0 unspecified atom stereocenters. The lowest BCUT2D eigenvalue weighted by atomic mass is 10.2. The number of anilines is 2. The molecule has 23 heavy (non-hydrogen) atoms. The van der Waals surface area contributed by atoms with Crippen molar-refractivity contribution in [2.75, 3.05) is 31.4 Å². The lowest BCUT2D eigenvalue weighted by Gasteiger charge is -2.12. The number of pyridine rings is 1. The van der Waals surface area contributed by atoms with Crippen LogP contribution < -0.4 is 20.1 Å². The lowest BCUT2D eigenvalue weighted by Crippen LogP contribution is -2.14. The quantitative estimate of drug-likeness (QED) is 0.769. The van der Waals surface area contributed by atoms with Crippen LogP contribution in [0.2, 0.25) is 0 Å². The number of methoxy groups -OCH3 is 2. The van der Waals surface area contributed by atoms with E-state index in [1.807, 2.05) is 0 Å². The van der Waals surface area contributed by atoms with Gasteiger partial charge in [-0.15, -0.1) is 6.58 Å². The largest absolute Gasteiger partial charge is 0.497 e. The molecule has 0 aliphatic carbocycles. The van der Waals surface area contributed by atoms with Crippen LogP contribution in [-0.2, 0) is 0 Å². The van der Waals surface area contributed by atoms with Crippen LogP contribution in [0.15, 0.2) is 49.2 Å². The van der Waals surface area contributed by atoms with Gasteiger partial charge in [-0.3, -0.25) is 9.78 Å². The Morgan fingerprint density at radius 1 is 1.26 bits per heavy atom. The maximum atomic E-state index is 12.4. The zero-order valence-electron chi connectivity index (χ0n) is 13.1. The van der Waals surface area contributed by atoms with Gasteiger partial charge in [0.2, 0.25) is 0 Å². The molecular formula is C17H19N3O3. The van der Waals surface area contributed by atoms with Gasteiger partial charge >= 0.3 is 0 Å². The van der Waals surface area contributed by atoms with E-state index in [2.05, 4.69) is 22.2 Å². The highest BCUT2D eigenvalue weighted by molar-refractivity contribution is 6.04. The number of benzene rings is 1. The molecule has 1 amide bonds. The van der Waals surface area contributed by atoms with Gasteiger partial charge in [-0.25, -0.2) is 0 Å². The minimum absolute atomic E-state index is 0.303. The third-order valence-corrected chi connectivity index (χ3v) is 3.10. The molecule has 0 radical (unpaired) electrons. The molecule has 1 aromatic heterocycles. The first kappa shape index (κ1) is 16.4. The second kappa shape index (κ2) is 7.84. The van der Waals surface area contributed by atoms with Crippen LogP contribution in [0.4, 0.5) is 11.4 Å². The zero-order chi connectivity index (χ0) is 16.7. The molecule has 0 aliphatic rings. The van der Waals surface area contributed by atoms with Gasteiger partial charge in [0, 0.05) is 24.5 Å². The van der Waals surface area contributed by atoms with E-state index in [1.54, 1.807) is 49.7 Å². The van der Waals surface area contributed by atoms with E-state index in [0.717, 1.165) is 5.69 Å². The minimum atomic E-state index is -0.323. The van der Waals surface area contributed by atoms with E-state index in [9.17, 15) is 4.79 Å². The van der Waals surface area contributed by atoms with Gasteiger partial charge < -0.3 is 20.1 Å². The Kier molecular flexibility index (Phi) is 5.57. The van der Waals surface area contributed by atoms with E-state index < -0.39 is 0 Å². The summed E-state index contributed by atoms with van der Waals surface area (Å²) in [6, 6.07) is 8.62. The molecule has 0 aliphatic heterocycles. The topological polar surface area (TPSA) is 72.5 Å². The highest BCUT2D eigenvalue weighted by Gasteiger charge is 2.12. The van der Waals surface area contributed by atoms with E-state index >= 15 is 0 Å². The molecular weight excluding hydrogens is 294 g/mol. The van der Waals surface area contributed by atoms with Gasteiger partial charge in [-0.05, 0) is 24.3 Å². The number of rotatable bonds is 7. The second-order valence-corrected chi connectivity index (χ2v) is 4.62. The summed E-state index contributed by atoms with van der Waals surface area (Å²) >= 11 is 0. The van der Waals surface area contributed by atoms with Gasteiger partial charge in [-0.1, -0.05) is 6.08 Å². The Balaban J connectivity index is 2.17. The molecule has 1 aromatic carbocycles. The number of amides is 1. The maximum Gasteiger partial charge on any atom is 0.274 e. The van der Waals surface area contributed by atoms with Crippen LogP contribution in [0.25, 0.3) is 0 Å². The Labute approximate surface area is 135 Å². The highest BCUT2D eigenvalue weighted by atomic mass is 16.5. The van der Waals surface area contributed by atoms with Gasteiger partial charge in [0.25, 0.3) is 5.91 Å². The third kappa shape index (κ3) is 4.23. The monoisotopic (exact) mass is 313 g/mol. The highest BCUT2D eigenvalue weighted by Crippen LogP contribution is 2.29. The molecule has 0 atom stereocenters. The van der Waals surface area contributed by atoms with Gasteiger partial charge in [-0.2, -0.15) is 0 Å². The molecule has 6 nitrogen and oxygen atoms in total. The van der Waals surface area contributed by atoms with Crippen molar-refractivity contribution in [3.05, 3.63) is 54.9 Å². The zero-order valence-corrected chi connectivity index (χ0v) is 13.1. The summed E-state index contributed by atoms with van der Waals surface area (Å²) in [6.45, 7) is 4.25. The van der Waals surface area contributed by atoms with Crippen molar-refractivity contribution in [3.8, 4) is 11.5 Å². The predicted octanol–water partition coefficient (Wildman–Crippen LogP) is 2.95. The van der Waals surface area contributed by atoms with E-state index in [4.69, 9.17) is 9.47 Å². The number of nitrogens with one attached hydrogen (secondary N) is 2. The summed E-state index contributed by atoms with van der Waals surface area (Å²) in [6.07, 6.45) is 3.31. The summed E-state index contributed by atoms with van der Waals surface area (Å²) < 4.78 is 10.4. The first-order valence-electron chi connectivity index (χ1n) is 7.02. The molecule has 2 aromatic rings. The minimum Gasteiger partial charge on any atom is -0.497 e. The number of hydrogen-bond donors (Lipinski definition) is 2. The van der Waals surface area contributed by atoms with Crippen LogP contribution in [-0.4, -0.2) is 31.7 Å². The fourth-order valence-electron chi connectivity index (χ4n) is 1.94. The molecule has 0 spiro atoms. The van der Waals surface area contributed by atoms with Crippen molar-refractivity contribution >= 4 is 17.3 Å². The van der Waals surface area contributed by atoms with Crippen LogP contribution in [0.3, 0.4) is 0 Å². The Hall–Kier alpha value is -3.02. The average molecular weight is 313 g/mol. The van der Waals surface area contributed by atoms with Crippen LogP contribution in [0, 0.1) is 0 Å². The van der Waals surface area contributed by atoms with Crippen molar-refractivity contribution in [1.29, 1.82) is 0 Å². The summed E-state index contributed by atoms with van der Waals surface area (Å²) in [5, 5.41) is 5.89. The molecule has 0 fully saturated rings.